The topological polar surface area (TPSA) is 76.1 Å². The van der Waals surface area contributed by atoms with Crippen LogP contribution in [0.3, 0.4) is 0 Å². The summed E-state index contributed by atoms with van der Waals surface area (Å²) < 4.78 is 5.27. The molecule has 1 heterocycles. The summed E-state index contributed by atoms with van der Waals surface area (Å²) >= 11 is 0. The van der Waals surface area contributed by atoms with E-state index < -0.39 is 0 Å². The number of rotatable bonds is 8. The van der Waals surface area contributed by atoms with Gasteiger partial charge in [-0.2, -0.15) is 0 Å². The summed E-state index contributed by atoms with van der Waals surface area (Å²) in [5.74, 6) is 1.76. The van der Waals surface area contributed by atoms with Crippen molar-refractivity contribution in [3.05, 3.63) is 71.9 Å². The Labute approximate surface area is 171 Å². The van der Waals surface area contributed by atoms with Crippen LogP contribution in [0.5, 0.6) is 5.75 Å². The van der Waals surface area contributed by atoms with Crippen LogP contribution in [0, 0.1) is 0 Å². The lowest BCUT2D eigenvalue weighted by Crippen LogP contribution is -2.31. The molecule has 0 fully saturated rings. The Morgan fingerprint density at radius 2 is 1.83 bits per heavy atom. The quantitative estimate of drug-likeness (QED) is 0.609. The molecule has 3 aromatic rings. The summed E-state index contributed by atoms with van der Waals surface area (Å²) in [5.41, 5.74) is 2.37. The molecule has 0 atom stereocenters. The largest absolute Gasteiger partial charge is 0.497 e. The second kappa shape index (κ2) is 9.68. The molecule has 0 radical (unpaired) electrons. The Morgan fingerprint density at radius 3 is 2.55 bits per heavy atom. The number of benzene rings is 2. The molecule has 0 unspecified atom stereocenters. The Bertz CT molecular complexity index is 958. The number of hydrogen-bond acceptors (Lipinski definition) is 5. The maximum absolute atomic E-state index is 12.5. The minimum absolute atomic E-state index is 0.0297. The number of carbonyl (C=O) groups excluding carboxylic acids is 1. The first-order chi connectivity index (χ1) is 14.0. The molecule has 6 nitrogen and oxygen atoms in total. The van der Waals surface area contributed by atoms with Gasteiger partial charge in [0.05, 0.1) is 7.11 Å². The number of ether oxygens (including phenoxy) is 1. The van der Waals surface area contributed by atoms with E-state index in [2.05, 4.69) is 26.7 Å². The highest BCUT2D eigenvalue weighted by Gasteiger charge is 2.14. The van der Waals surface area contributed by atoms with E-state index in [0.717, 1.165) is 23.3 Å². The summed E-state index contributed by atoms with van der Waals surface area (Å²) in [7, 11) is 1.66. The van der Waals surface area contributed by atoms with Crippen molar-refractivity contribution in [3.8, 4) is 17.1 Å². The van der Waals surface area contributed by atoms with Gasteiger partial charge in [-0.3, -0.25) is 4.79 Å². The molecule has 0 spiro atoms. The predicted molar refractivity (Wildman–Crippen MR) is 115 cm³/mol. The van der Waals surface area contributed by atoms with E-state index in [0.29, 0.717) is 23.9 Å². The number of anilines is 1. The van der Waals surface area contributed by atoms with E-state index in [1.807, 2.05) is 62.4 Å². The molecule has 0 aliphatic rings. The fourth-order valence-electron chi connectivity index (χ4n) is 2.87. The van der Waals surface area contributed by atoms with E-state index in [4.69, 9.17) is 4.74 Å². The number of amides is 1. The summed E-state index contributed by atoms with van der Waals surface area (Å²) in [6.07, 6.45) is 0.801. The zero-order valence-corrected chi connectivity index (χ0v) is 17.0. The molecule has 0 bridgehead atoms. The third-order valence-electron chi connectivity index (χ3n) is 4.26. The van der Waals surface area contributed by atoms with Gasteiger partial charge in [0.1, 0.15) is 17.3 Å². The number of carbonyl (C=O) groups is 1. The minimum Gasteiger partial charge on any atom is -0.497 e. The monoisotopic (exact) mass is 390 g/mol. The molecule has 0 saturated carbocycles. The van der Waals surface area contributed by atoms with E-state index in [1.54, 1.807) is 13.2 Å². The van der Waals surface area contributed by atoms with Gasteiger partial charge in [0, 0.05) is 24.2 Å². The third-order valence-corrected chi connectivity index (χ3v) is 4.26. The lowest BCUT2D eigenvalue weighted by Gasteiger charge is -2.12. The Hall–Kier alpha value is -3.41. The van der Waals surface area contributed by atoms with Gasteiger partial charge >= 0.3 is 0 Å². The molecule has 0 aliphatic heterocycles. The summed E-state index contributed by atoms with van der Waals surface area (Å²) in [6.45, 7) is 4.51. The van der Waals surface area contributed by atoms with E-state index in [1.165, 1.54) is 0 Å². The van der Waals surface area contributed by atoms with Crippen molar-refractivity contribution >= 4 is 11.7 Å². The molecule has 29 heavy (non-hydrogen) atoms. The van der Waals surface area contributed by atoms with Crippen molar-refractivity contribution in [2.75, 3.05) is 19.0 Å². The van der Waals surface area contributed by atoms with Crippen LogP contribution in [0.1, 0.15) is 29.9 Å². The van der Waals surface area contributed by atoms with Crippen molar-refractivity contribution in [1.29, 1.82) is 0 Å². The maximum atomic E-state index is 12.5. The van der Waals surface area contributed by atoms with Gasteiger partial charge < -0.3 is 15.4 Å². The van der Waals surface area contributed by atoms with E-state index in [9.17, 15) is 4.79 Å². The van der Waals surface area contributed by atoms with Crippen LogP contribution in [0.4, 0.5) is 5.82 Å². The first kappa shape index (κ1) is 20.3. The second-order valence-electron chi connectivity index (χ2n) is 6.98. The molecule has 2 aromatic carbocycles. The zero-order chi connectivity index (χ0) is 20.6. The highest BCUT2D eigenvalue weighted by atomic mass is 16.5. The third kappa shape index (κ3) is 5.78. The first-order valence-electron chi connectivity index (χ1n) is 9.67. The summed E-state index contributed by atoms with van der Waals surface area (Å²) in [4.78, 5) is 21.6. The Morgan fingerprint density at radius 1 is 1.03 bits per heavy atom. The van der Waals surface area contributed by atoms with Gasteiger partial charge in [-0.1, -0.05) is 42.5 Å². The number of aromatic nitrogens is 2. The second-order valence-corrected chi connectivity index (χ2v) is 6.98. The SMILES string of the molecule is COc1cccc(CCNc2cc(C(=O)NC(C)C)nc(-c3ccccc3)n2)c1. The molecule has 150 valence electrons. The van der Waals surface area contributed by atoms with E-state index in [-0.39, 0.29) is 11.9 Å². The average Bonchev–Trinajstić information content (AvgIpc) is 2.74. The zero-order valence-electron chi connectivity index (χ0n) is 17.0. The molecule has 6 heteroatoms. The lowest BCUT2D eigenvalue weighted by atomic mass is 10.1. The van der Waals surface area contributed by atoms with Gasteiger partial charge in [0.25, 0.3) is 5.91 Å². The number of methoxy groups -OCH3 is 1. The van der Waals surface area contributed by atoms with Gasteiger partial charge in [-0.25, -0.2) is 9.97 Å². The van der Waals surface area contributed by atoms with Crippen LogP contribution in [-0.2, 0) is 6.42 Å². The first-order valence-corrected chi connectivity index (χ1v) is 9.67. The number of hydrogen-bond donors (Lipinski definition) is 2. The van der Waals surface area contributed by atoms with Crippen molar-refractivity contribution < 1.29 is 9.53 Å². The molecule has 1 amide bonds. The normalized spacial score (nSPS) is 10.6. The average molecular weight is 390 g/mol. The smallest absolute Gasteiger partial charge is 0.270 e. The fraction of sp³-hybridized carbons (Fsp3) is 0.261. The molecule has 0 saturated heterocycles. The van der Waals surface area contributed by atoms with E-state index >= 15 is 0 Å². The van der Waals surface area contributed by atoms with Crippen molar-refractivity contribution in [1.82, 2.24) is 15.3 Å². The number of nitrogens with one attached hydrogen (secondary N) is 2. The molecule has 3 rings (SSSR count). The number of nitrogens with zero attached hydrogens (tertiary/aromatic N) is 2. The molecule has 1 aromatic heterocycles. The van der Waals surface area contributed by atoms with Crippen LogP contribution in [0.2, 0.25) is 0 Å². The fourth-order valence-corrected chi connectivity index (χ4v) is 2.87. The van der Waals surface area contributed by atoms with Crippen molar-refractivity contribution in [3.63, 3.8) is 0 Å². The minimum atomic E-state index is -0.213. The maximum Gasteiger partial charge on any atom is 0.270 e. The summed E-state index contributed by atoms with van der Waals surface area (Å²) in [5, 5.41) is 6.21. The van der Waals surface area contributed by atoms with Crippen molar-refractivity contribution in [2.24, 2.45) is 0 Å². The van der Waals surface area contributed by atoms with Crippen LogP contribution in [-0.4, -0.2) is 35.6 Å². The highest BCUT2D eigenvalue weighted by Crippen LogP contribution is 2.18. The van der Waals surface area contributed by atoms with Gasteiger partial charge in [0.15, 0.2) is 5.82 Å². The van der Waals surface area contributed by atoms with Crippen LogP contribution < -0.4 is 15.4 Å². The van der Waals surface area contributed by atoms with Crippen LogP contribution in [0.15, 0.2) is 60.7 Å². The Kier molecular flexibility index (Phi) is 6.79. The molecular weight excluding hydrogens is 364 g/mol. The Balaban J connectivity index is 1.79. The summed E-state index contributed by atoms with van der Waals surface area (Å²) in [6, 6.07) is 19.3. The van der Waals surface area contributed by atoms with Gasteiger partial charge in [-0.15, -0.1) is 0 Å². The van der Waals surface area contributed by atoms with Gasteiger partial charge in [-0.05, 0) is 38.0 Å². The lowest BCUT2D eigenvalue weighted by molar-refractivity contribution is 0.0938. The molecule has 0 aliphatic carbocycles. The molecule has 2 N–H and O–H groups in total. The van der Waals surface area contributed by atoms with Crippen molar-refractivity contribution in [2.45, 2.75) is 26.3 Å². The highest BCUT2D eigenvalue weighted by molar-refractivity contribution is 5.93. The van der Waals surface area contributed by atoms with Crippen LogP contribution in [0.25, 0.3) is 11.4 Å². The van der Waals surface area contributed by atoms with Gasteiger partial charge in [0.2, 0.25) is 0 Å². The molecular formula is C23H26N4O2. The standard InChI is InChI=1S/C23H26N4O2/c1-16(2)25-23(28)20-15-21(27-22(26-20)18-9-5-4-6-10-18)24-13-12-17-8-7-11-19(14-17)29-3/h4-11,14-16H,12-13H2,1-3H3,(H,25,28)(H,24,26,27). The predicted octanol–water partition coefficient (Wildman–Crippen LogP) is 3.95. The van der Waals surface area contributed by atoms with Crippen LogP contribution >= 0.6 is 0 Å².